The van der Waals surface area contributed by atoms with E-state index in [2.05, 4.69) is 26.0 Å². The van der Waals surface area contributed by atoms with Gasteiger partial charge in [-0.15, -0.1) is 0 Å². The summed E-state index contributed by atoms with van der Waals surface area (Å²) in [6.07, 6.45) is 30.9. The molecule has 2 atom stereocenters. The van der Waals surface area contributed by atoms with Gasteiger partial charge in [-0.25, -0.2) is 4.57 Å². The second-order valence-corrected chi connectivity index (χ2v) is 13.9. The number of hydrogen-bond acceptors (Lipinski definition) is 8. The van der Waals surface area contributed by atoms with Crippen LogP contribution in [-0.2, 0) is 32.7 Å². The van der Waals surface area contributed by atoms with Crippen LogP contribution in [0.3, 0.4) is 0 Å². The lowest BCUT2D eigenvalue weighted by molar-refractivity contribution is -0.161. The fourth-order valence-electron chi connectivity index (χ4n) is 5.10. The Morgan fingerprint density at radius 2 is 1.07 bits per heavy atom. The molecule has 0 amide bonds. The Morgan fingerprint density at radius 3 is 1.57 bits per heavy atom. The van der Waals surface area contributed by atoms with Crippen molar-refractivity contribution in [3.8, 4) is 0 Å². The van der Waals surface area contributed by atoms with Gasteiger partial charge < -0.3 is 20.1 Å². The van der Waals surface area contributed by atoms with E-state index in [0.29, 0.717) is 6.42 Å². The molecule has 0 aliphatic heterocycles. The summed E-state index contributed by atoms with van der Waals surface area (Å²) in [6.45, 7) is 3.70. The average molecular weight is 676 g/mol. The largest absolute Gasteiger partial charge is 0.472 e. The third-order valence-corrected chi connectivity index (χ3v) is 8.89. The van der Waals surface area contributed by atoms with Crippen LogP contribution < -0.4 is 5.73 Å². The molecule has 0 heterocycles. The molecule has 0 aliphatic carbocycles. The van der Waals surface area contributed by atoms with Crippen LogP contribution in [0.5, 0.6) is 0 Å². The van der Waals surface area contributed by atoms with Crippen molar-refractivity contribution in [2.45, 2.75) is 180 Å². The van der Waals surface area contributed by atoms with Crippen LogP contribution in [0.1, 0.15) is 174 Å². The molecule has 0 aliphatic rings. The standard InChI is InChI=1S/C36H70NO8P/c1-3-5-7-9-11-13-15-17-19-20-22-24-26-28-35(38)42-32-34(33-44-46(40,41)43-31-30-37)45-36(39)29-27-25-23-21-18-16-14-12-10-8-6-4-2/h13,15,34H,3-12,14,16-33,37H2,1-2H3,(H,40,41)/b15-13+/t34-/m1/s1. The average Bonchev–Trinajstić information content (AvgIpc) is 3.04. The highest BCUT2D eigenvalue weighted by atomic mass is 31.2. The van der Waals surface area contributed by atoms with E-state index in [0.717, 1.165) is 51.4 Å². The van der Waals surface area contributed by atoms with Crippen molar-refractivity contribution in [2.75, 3.05) is 26.4 Å². The van der Waals surface area contributed by atoms with Crippen molar-refractivity contribution in [3.05, 3.63) is 12.2 Å². The number of carbonyl (C=O) groups excluding carboxylic acids is 2. The first kappa shape index (κ1) is 44.8. The van der Waals surface area contributed by atoms with E-state index in [1.807, 2.05) is 0 Å². The molecular weight excluding hydrogens is 605 g/mol. The van der Waals surface area contributed by atoms with Gasteiger partial charge in [-0.3, -0.25) is 18.6 Å². The molecule has 272 valence electrons. The number of ether oxygens (including phenoxy) is 2. The summed E-state index contributed by atoms with van der Waals surface area (Å²) in [7, 11) is -4.36. The van der Waals surface area contributed by atoms with Gasteiger partial charge in [0.25, 0.3) is 0 Å². The van der Waals surface area contributed by atoms with Crippen LogP contribution in [0.15, 0.2) is 12.2 Å². The molecule has 9 nitrogen and oxygen atoms in total. The highest BCUT2D eigenvalue weighted by molar-refractivity contribution is 7.47. The minimum Gasteiger partial charge on any atom is -0.462 e. The summed E-state index contributed by atoms with van der Waals surface area (Å²) in [4.78, 5) is 34.6. The summed E-state index contributed by atoms with van der Waals surface area (Å²) >= 11 is 0. The zero-order valence-electron chi connectivity index (χ0n) is 29.6. The van der Waals surface area contributed by atoms with Gasteiger partial charge in [-0.2, -0.15) is 0 Å². The third kappa shape index (κ3) is 32.7. The van der Waals surface area contributed by atoms with E-state index in [1.165, 1.54) is 89.9 Å². The van der Waals surface area contributed by atoms with Gasteiger partial charge in [0.15, 0.2) is 6.10 Å². The van der Waals surface area contributed by atoms with Gasteiger partial charge in [0, 0.05) is 19.4 Å². The zero-order chi connectivity index (χ0) is 34.0. The molecule has 0 aromatic carbocycles. The predicted molar refractivity (Wildman–Crippen MR) is 188 cm³/mol. The van der Waals surface area contributed by atoms with E-state index in [4.69, 9.17) is 24.3 Å². The highest BCUT2D eigenvalue weighted by Crippen LogP contribution is 2.43. The number of carbonyl (C=O) groups is 2. The Kier molecular flexibility index (Phi) is 32.7. The molecule has 0 saturated carbocycles. The monoisotopic (exact) mass is 675 g/mol. The van der Waals surface area contributed by atoms with Gasteiger partial charge in [-0.1, -0.05) is 135 Å². The number of phosphoric acid groups is 1. The van der Waals surface area contributed by atoms with E-state index >= 15 is 0 Å². The number of phosphoric ester groups is 1. The fourth-order valence-corrected chi connectivity index (χ4v) is 5.86. The van der Waals surface area contributed by atoms with E-state index in [1.54, 1.807) is 0 Å². The van der Waals surface area contributed by atoms with Crippen molar-refractivity contribution < 1.29 is 37.6 Å². The maximum absolute atomic E-state index is 12.5. The van der Waals surface area contributed by atoms with Crippen molar-refractivity contribution >= 4 is 19.8 Å². The third-order valence-electron chi connectivity index (χ3n) is 7.90. The van der Waals surface area contributed by atoms with Crippen molar-refractivity contribution in [3.63, 3.8) is 0 Å². The topological polar surface area (TPSA) is 134 Å². The van der Waals surface area contributed by atoms with Crippen LogP contribution >= 0.6 is 7.82 Å². The lowest BCUT2D eigenvalue weighted by Gasteiger charge is -2.19. The Morgan fingerprint density at radius 1 is 0.630 bits per heavy atom. The first-order valence-corrected chi connectivity index (χ1v) is 20.2. The molecule has 0 fully saturated rings. The second kappa shape index (κ2) is 33.6. The minimum atomic E-state index is -4.36. The Balaban J connectivity index is 4.23. The molecule has 0 aromatic heterocycles. The van der Waals surface area contributed by atoms with Gasteiger partial charge in [0.1, 0.15) is 6.61 Å². The van der Waals surface area contributed by atoms with Gasteiger partial charge in [0.2, 0.25) is 0 Å². The number of unbranched alkanes of at least 4 members (excludes halogenated alkanes) is 20. The lowest BCUT2D eigenvalue weighted by Crippen LogP contribution is -2.29. The van der Waals surface area contributed by atoms with Crippen molar-refractivity contribution in [2.24, 2.45) is 5.73 Å². The highest BCUT2D eigenvalue weighted by Gasteiger charge is 2.25. The quantitative estimate of drug-likeness (QED) is 0.0291. The molecule has 0 saturated heterocycles. The van der Waals surface area contributed by atoms with E-state index in [-0.39, 0.29) is 38.6 Å². The van der Waals surface area contributed by atoms with Gasteiger partial charge in [0.05, 0.1) is 13.2 Å². The van der Waals surface area contributed by atoms with E-state index in [9.17, 15) is 19.0 Å². The number of hydrogen-bond donors (Lipinski definition) is 2. The second-order valence-electron chi connectivity index (χ2n) is 12.4. The summed E-state index contributed by atoms with van der Waals surface area (Å²) in [5.74, 6) is -0.835. The molecule has 0 aromatic rings. The normalized spacial score (nSPS) is 13.6. The fraction of sp³-hybridized carbons (Fsp3) is 0.889. The summed E-state index contributed by atoms with van der Waals surface area (Å²) < 4.78 is 32.6. The van der Waals surface area contributed by atoms with Crippen LogP contribution in [0.25, 0.3) is 0 Å². The first-order valence-electron chi connectivity index (χ1n) is 18.7. The Labute approximate surface area is 281 Å². The molecule has 10 heteroatoms. The molecule has 1 unspecified atom stereocenters. The maximum atomic E-state index is 12.5. The maximum Gasteiger partial charge on any atom is 0.472 e. The Hall–Kier alpha value is -1.25. The summed E-state index contributed by atoms with van der Waals surface area (Å²) in [6, 6.07) is 0. The molecule has 0 spiro atoms. The smallest absolute Gasteiger partial charge is 0.462 e. The van der Waals surface area contributed by atoms with Crippen LogP contribution in [0.4, 0.5) is 0 Å². The lowest BCUT2D eigenvalue weighted by atomic mass is 10.0. The van der Waals surface area contributed by atoms with Crippen LogP contribution in [-0.4, -0.2) is 49.3 Å². The summed E-state index contributed by atoms with van der Waals surface area (Å²) in [5.41, 5.74) is 5.32. The molecule has 0 bridgehead atoms. The van der Waals surface area contributed by atoms with Gasteiger partial charge in [-0.05, 0) is 38.5 Å². The SMILES string of the molecule is CCCCCC/C=C/CCCCCCCC(=O)OC[C@H](COP(=O)(O)OCCN)OC(=O)CCCCCCCCCCCCCC. The Bertz CT molecular complexity index is 779. The van der Waals surface area contributed by atoms with E-state index < -0.39 is 26.5 Å². The number of rotatable bonds is 35. The van der Waals surface area contributed by atoms with Crippen LogP contribution in [0.2, 0.25) is 0 Å². The molecular formula is C36H70NO8P. The van der Waals surface area contributed by atoms with Crippen LogP contribution in [0, 0.1) is 0 Å². The molecule has 46 heavy (non-hydrogen) atoms. The molecule has 3 N–H and O–H groups in total. The summed E-state index contributed by atoms with van der Waals surface area (Å²) in [5, 5.41) is 0. The van der Waals surface area contributed by atoms with Gasteiger partial charge >= 0.3 is 19.8 Å². The first-order chi connectivity index (χ1) is 22.3. The minimum absolute atomic E-state index is 0.0548. The molecule has 0 radical (unpaired) electrons. The van der Waals surface area contributed by atoms with Crippen molar-refractivity contribution in [1.82, 2.24) is 0 Å². The number of nitrogens with two attached hydrogens (primary N) is 1. The predicted octanol–water partition coefficient (Wildman–Crippen LogP) is 9.88. The number of esters is 2. The molecule has 0 rings (SSSR count). The zero-order valence-corrected chi connectivity index (χ0v) is 30.5. The number of allylic oxidation sites excluding steroid dienone is 2. The van der Waals surface area contributed by atoms with Crippen molar-refractivity contribution in [1.29, 1.82) is 0 Å².